The molecule has 3 rings (SSSR count). The molecule has 1 N–H and O–H groups in total. The summed E-state index contributed by atoms with van der Waals surface area (Å²) in [6.07, 6.45) is 0. The number of ether oxygens (including phenoxy) is 1. The molecule has 0 fully saturated rings. The van der Waals surface area contributed by atoms with Crippen LogP contribution in [0.25, 0.3) is 0 Å². The van der Waals surface area contributed by atoms with Crippen molar-refractivity contribution in [2.75, 3.05) is 23.3 Å². The summed E-state index contributed by atoms with van der Waals surface area (Å²) in [5.41, 5.74) is 0.0825. The molecule has 0 spiro atoms. The van der Waals surface area contributed by atoms with Crippen molar-refractivity contribution in [3.63, 3.8) is 0 Å². The lowest BCUT2D eigenvalue weighted by molar-refractivity contribution is -0.114. The van der Waals surface area contributed by atoms with Crippen LogP contribution in [-0.4, -0.2) is 28.0 Å². The van der Waals surface area contributed by atoms with Crippen LogP contribution in [0.15, 0.2) is 76.1 Å². The molecule has 0 heterocycles. The molecule has 0 aliphatic heterocycles. The fourth-order valence-electron chi connectivity index (χ4n) is 2.76. The van der Waals surface area contributed by atoms with Crippen LogP contribution >= 0.6 is 27.5 Å². The maximum atomic E-state index is 14.1. The Bertz CT molecular complexity index is 1210. The van der Waals surface area contributed by atoms with Gasteiger partial charge in [-0.15, -0.1) is 0 Å². The lowest BCUT2D eigenvalue weighted by Gasteiger charge is -2.24. The third kappa shape index (κ3) is 5.36. The Kier molecular flexibility index (Phi) is 7.19. The maximum Gasteiger partial charge on any atom is 0.264 e. The number of carbonyl (C=O) groups is 1. The Morgan fingerprint density at radius 1 is 1.13 bits per heavy atom. The highest BCUT2D eigenvalue weighted by Crippen LogP contribution is 2.32. The second-order valence-corrected chi connectivity index (χ2v) is 9.50. The third-order valence-electron chi connectivity index (χ3n) is 4.25. The standard InChI is InChI=1S/C21H17BrClFN2O4S/c1-30-20-10-8-15(12-17(20)23)26(31(28,29)16-5-3-2-4-6-16)13-21(27)25-19-9-7-14(22)11-18(19)24/h2-12H,13H2,1H3,(H,25,27). The van der Waals surface area contributed by atoms with Crippen molar-refractivity contribution >= 4 is 54.8 Å². The number of carbonyl (C=O) groups excluding carboxylic acids is 1. The quantitative estimate of drug-likeness (QED) is 0.465. The Morgan fingerprint density at radius 3 is 2.45 bits per heavy atom. The van der Waals surface area contributed by atoms with Gasteiger partial charge in [-0.3, -0.25) is 9.10 Å². The van der Waals surface area contributed by atoms with Crippen LogP contribution < -0.4 is 14.4 Å². The van der Waals surface area contributed by atoms with Gasteiger partial charge in [0.1, 0.15) is 18.1 Å². The summed E-state index contributed by atoms with van der Waals surface area (Å²) in [6.45, 7) is -0.602. The molecule has 0 radical (unpaired) electrons. The molecule has 0 aliphatic rings. The van der Waals surface area contributed by atoms with Gasteiger partial charge in [0.2, 0.25) is 5.91 Å². The van der Waals surface area contributed by atoms with Gasteiger partial charge in [-0.2, -0.15) is 0 Å². The van der Waals surface area contributed by atoms with Crippen molar-refractivity contribution in [3.8, 4) is 5.75 Å². The number of anilines is 2. The van der Waals surface area contributed by atoms with Gasteiger partial charge in [-0.1, -0.05) is 45.7 Å². The summed E-state index contributed by atoms with van der Waals surface area (Å²) in [6, 6.07) is 16.1. The van der Waals surface area contributed by atoms with Crippen LogP contribution in [0.5, 0.6) is 5.75 Å². The van der Waals surface area contributed by atoms with E-state index in [0.29, 0.717) is 10.2 Å². The van der Waals surface area contributed by atoms with Crippen molar-refractivity contribution in [1.82, 2.24) is 0 Å². The minimum Gasteiger partial charge on any atom is -0.495 e. The lowest BCUT2D eigenvalue weighted by Crippen LogP contribution is -2.38. The fraction of sp³-hybridized carbons (Fsp3) is 0.0952. The Labute approximate surface area is 192 Å². The van der Waals surface area contributed by atoms with Crippen LogP contribution in [0, 0.1) is 5.82 Å². The molecule has 0 aromatic heterocycles. The Morgan fingerprint density at radius 2 is 1.84 bits per heavy atom. The number of amides is 1. The predicted molar refractivity (Wildman–Crippen MR) is 122 cm³/mol. The molecule has 31 heavy (non-hydrogen) atoms. The third-order valence-corrected chi connectivity index (χ3v) is 6.82. The fourth-order valence-corrected chi connectivity index (χ4v) is 4.78. The SMILES string of the molecule is COc1ccc(N(CC(=O)Nc2ccc(Br)cc2F)S(=O)(=O)c2ccccc2)cc1Cl. The number of sulfonamides is 1. The molecule has 0 atom stereocenters. The van der Waals surface area contributed by atoms with Gasteiger partial charge < -0.3 is 10.1 Å². The summed E-state index contributed by atoms with van der Waals surface area (Å²) in [5.74, 6) is -1.04. The van der Waals surface area contributed by atoms with Gasteiger partial charge in [0.25, 0.3) is 10.0 Å². The number of halogens is 3. The van der Waals surface area contributed by atoms with Crippen LogP contribution in [0.3, 0.4) is 0 Å². The molecule has 0 bridgehead atoms. The zero-order valence-corrected chi connectivity index (χ0v) is 19.3. The Balaban J connectivity index is 1.97. The van der Waals surface area contributed by atoms with E-state index in [2.05, 4.69) is 21.2 Å². The number of hydrogen-bond acceptors (Lipinski definition) is 4. The molecule has 0 saturated carbocycles. The second-order valence-electron chi connectivity index (χ2n) is 6.32. The molecule has 3 aromatic rings. The lowest BCUT2D eigenvalue weighted by atomic mass is 10.3. The van der Waals surface area contributed by atoms with Gasteiger partial charge in [-0.25, -0.2) is 12.8 Å². The molecule has 0 unspecified atom stereocenters. The number of nitrogens with zero attached hydrogens (tertiary/aromatic N) is 1. The van der Waals surface area contributed by atoms with E-state index in [-0.39, 0.29) is 21.3 Å². The largest absolute Gasteiger partial charge is 0.495 e. The number of benzene rings is 3. The van der Waals surface area contributed by atoms with E-state index in [1.54, 1.807) is 24.3 Å². The van der Waals surface area contributed by atoms with Gasteiger partial charge in [-0.05, 0) is 48.5 Å². The summed E-state index contributed by atoms with van der Waals surface area (Å²) < 4.78 is 47.2. The number of methoxy groups -OCH3 is 1. The van der Waals surface area contributed by atoms with E-state index in [0.717, 1.165) is 4.31 Å². The number of rotatable bonds is 7. The van der Waals surface area contributed by atoms with Crippen molar-refractivity contribution < 1.29 is 22.3 Å². The molecule has 10 heteroatoms. The first-order valence-corrected chi connectivity index (χ1v) is 11.5. The first-order chi connectivity index (χ1) is 14.7. The van der Waals surface area contributed by atoms with Crippen molar-refractivity contribution in [2.24, 2.45) is 0 Å². The van der Waals surface area contributed by atoms with Crippen LogP contribution in [-0.2, 0) is 14.8 Å². The first-order valence-electron chi connectivity index (χ1n) is 8.88. The number of hydrogen-bond donors (Lipinski definition) is 1. The van der Waals surface area contributed by atoms with E-state index in [1.807, 2.05) is 0 Å². The summed E-state index contributed by atoms with van der Waals surface area (Å²) in [5, 5.41) is 2.57. The number of nitrogens with one attached hydrogen (secondary N) is 1. The average Bonchev–Trinajstić information content (AvgIpc) is 2.74. The van der Waals surface area contributed by atoms with Gasteiger partial charge in [0.15, 0.2) is 0 Å². The molecule has 0 aliphatic carbocycles. The van der Waals surface area contributed by atoms with Crippen molar-refractivity contribution in [1.29, 1.82) is 0 Å². The van der Waals surface area contributed by atoms with E-state index < -0.39 is 28.3 Å². The minimum absolute atomic E-state index is 0.00966. The van der Waals surface area contributed by atoms with Crippen LogP contribution in [0.4, 0.5) is 15.8 Å². The zero-order valence-electron chi connectivity index (χ0n) is 16.2. The molecular weight excluding hydrogens is 511 g/mol. The molecule has 162 valence electrons. The van der Waals surface area contributed by atoms with E-state index >= 15 is 0 Å². The highest BCUT2D eigenvalue weighted by Gasteiger charge is 2.28. The smallest absolute Gasteiger partial charge is 0.264 e. The topological polar surface area (TPSA) is 75.7 Å². The first kappa shape index (κ1) is 23.1. The highest BCUT2D eigenvalue weighted by molar-refractivity contribution is 9.10. The molecule has 3 aromatic carbocycles. The molecular formula is C21H17BrClFN2O4S. The maximum absolute atomic E-state index is 14.1. The minimum atomic E-state index is -4.12. The monoisotopic (exact) mass is 526 g/mol. The van der Waals surface area contributed by atoms with E-state index in [4.69, 9.17) is 16.3 Å². The average molecular weight is 528 g/mol. The molecule has 6 nitrogen and oxygen atoms in total. The van der Waals surface area contributed by atoms with Gasteiger partial charge >= 0.3 is 0 Å². The van der Waals surface area contributed by atoms with E-state index in [1.165, 1.54) is 49.6 Å². The Hall–Kier alpha value is -2.62. The second kappa shape index (κ2) is 9.67. The van der Waals surface area contributed by atoms with E-state index in [9.17, 15) is 17.6 Å². The summed E-state index contributed by atoms with van der Waals surface area (Å²) in [7, 11) is -2.69. The summed E-state index contributed by atoms with van der Waals surface area (Å²) >= 11 is 9.31. The summed E-state index contributed by atoms with van der Waals surface area (Å²) in [4.78, 5) is 12.7. The van der Waals surface area contributed by atoms with Gasteiger partial charge in [0.05, 0.1) is 28.4 Å². The molecule has 0 saturated heterocycles. The van der Waals surface area contributed by atoms with Crippen molar-refractivity contribution in [2.45, 2.75) is 4.90 Å². The molecule has 1 amide bonds. The predicted octanol–water partition coefficient (Wildman–Crippen LogP) is 5.08. The van der Waals surface area contributed by atoms with Gasteiger partial charge in [0, 0.05) is 4.47 Å². The van der Waals surface area contributed by atoms with Crippen molar-refractivity contribution in [3.05, 3.63) is 82.0 Å². The van der Waals surface area contributed by atoms with Crippen LogP contribution in [0.2, 0.25) is 5.02 Å². The highest BCUT2D eigenvalue weighted by atomic mass is 79.9. The normalized spacial score (nSPS) is 11.1. The van der Waals surface area contributed by atoms with Crippen LogP contribution in [0.1, 0.15) is 0 Å². The zero-order chi connectivity index (χ0) is 22.6.